The molecule has 0 unspecified atom stereocenters. The molecule has 1 N–H and O–H groups in total. The zero-order chi connectivity index (χ0) is 13.8. The van der Waals surface area contributed by atoms with E-state index in [-0.39, 0.29) is 16.9 Å². The summed E-state index contributed by atoms with van der Waals surface area (Å²) < 4.78 is 26.3. The van der Waals surface area contributed by atoms with Crippen LogP contribution in [0.25, 0.3) is 6.08 Å². The minimum absolute atomic E-state index is 0.160. The number of aromatic hydroxyl groups is 1. The Morgan fingerprint density at radius 1 is 1.11 bits per heavy atom. The molecule has 2 rings (SSSR count). The van der Waals surface area contributed by atoms with Crippen LogP contribution >= 0.6 is 0 Å². The third-order valence-electron chi connectivity index (χ3n) is 2.54. The quantitative estimate of drug-likeness (QED) is 0.676. The van der Waals surface area contributed by atoms with Crippen LogP contribution in [0.15, 0.2) is 48.5 Å². The summed E-state index contributed by atoms with van der Waals surface area (Å²) >= 11 is 0. The lowest BCUT2D eigenvalue weighted by atomic mass is 10.1. The fraction of sp³-hybridized carbons (Fsp3) is 0. The van der Waals surface area contributed by atoms with Gasteiger partial charge in [-0.25, -0.2) is 8.78 Å². The Kier molecular flexibility index (Phi) is 3.71. The molecular formula is C15H10F2O2. The average Bonchev–Trinajstić information content (AvgIpc) is 2.40. The van der Waals surface area contributed by atoms with Crippen molar-refractivity contribution in [3.8, 4) is 5.75 Å². The van der Waals surface area contributed by atoms with Gasteiger partial charge in [0.15, 0.2) is 5.78 Å². The largest absolute Gasteiger partial charge is 0.507 e. The van der Waals surface area contributed by atoms with Gasteiger partial charge in [0.1, 0.15) is 17.4 Å². The Morgan fingerprint density at radius 3 is 2.58 bits per heavy atom. The first-order valence-corrected chi connectivity index (χ1v) is 5.53. The number of phenols is 1. The number of phenolic OH excluding ortho intramolecular Hbond substituents is 1. The predicted octanol–water partition coefficient (Wildman–Crippen LogP) is 3.57. The first kappa shape index (κ1) is 13.0. The third-order valence-corrected chi connectivity index (χ3v) is 2.54. The summed E-state index contributed by atoms with van der Waals surface area (Å²) in [6, 6.07) is 9.02. The Labute approximate surface area is 108 Å². The molecule has 0 fully saturated rings. The predicted molar refractivity (Wildman–Crippen MR) is 67.8 cm³/mol. The molecule has 0 aliphatic rings. The summed E-state index contributed by atoms with van der Waals surface area (Å²) in [4.78, 5) is 11.8. The summed E-state index contributed by atoms with van der Waals surface area (Å²) in [5.41, 5.74) is 0.0827. The molecule has 0 radical (unpaired) electrons. The van der Waals surface area contributed by atoms with E-state index in [1.54, 1.807) is 6.07 Å². The van der Waals surface area contributed by atoms with Crippen LogP contribution in [0.2, 0.25) is 0 Å². The maximum atomic E-state index is 13.3. The van der Waals surface area contributed by atoms with Gasteiger partial charge in [-0.15, -0.1) is 0 Å². The van der Waals surface area contributed by atoms with Gasteiger partial charge in [-0.3, -0.25) is 4.79 Å². The first-order valence-electron chi connectivity index (χ1n) is 5.53. The van der Waals surface area contributed by atoms with Crippen LogP contribution in [-0.4, -0.2) is 10.9 Å². The van der Waals surface area contributed by atoms with Crippen molar-refractivity contribution in [3.63, 3.8) is 0 Å². The molecule has 0 spiro atoms. The summed E-state index contributed by atoms with van der Waals surface area (Å²) in [5, 5.41) is 9.46. The molecule has 96 valence electrons. The number of halogens is 2. The second-order valence-corrected chi connectivity index (χ2v) is 3.88. The molecule has 0 heterocycles. The van der Waals surface area contributed by atoms with Crippen LogP contribution in [0, 0.1) is 11.6 Å². The number of carbonyl (C=O) groups excluding carboxylic acids is 1. The standard InChI is InChI=1S/C15H10F2O2/c16-11-6-8-15(19)12(9-11)14(18)7-5-10-3-1-2-4-13(10)17/h1-9,19H/b7-5+. The van der Waals surface area contributed by atoms with Gasteiger partial charge in [0.2, 0.25) is 0 Å². The second-order valence-electron chi connectivity index (χ2n) is 3.88. The molecule has 4 heteroatoms. The number of allylic oxidation sites excluding steroid dienone is 1. The highest BCUT2D eigenvalue weighted by Gasteiger charge is 2.09. The second kappa shape index (κ2) is 5.44. The lowest BCUT2D eigenvalue weighted by molar-refractivity contribution is 0.104. The summed E-state index contributed by atoms with van der Waals surface area (Å²) in [6.45, 7) is 0. The first-order chi connectivity index (χ1) is 9.08. The van der Waals surface area contributed by atoms with E-state index in [0.717, 1.165) is 24.3 Å². The number of hydrogen-bond acceptors (Lipinski definition) is 2. The zero-order valence-electron chi connectivity index (χ0n) is 9.81. The number of rotatable bonds is 3. The molecule has 2 nitrogen and oxygen atoms in total. The van der Waals surface area contributed by atoms with Crippen molar-refractivity contribution >= 4 is 11.9 Å². The minimum Gasteiger partial charge on any atom is -0.507 e. The van der Waals surface area contributed by atoms with Gasteiger partial charge in [0, 0.05) is 5.56 Å². The van der Waals surface area contributed by atoms with Gasteiger partial charge in [0.05, 0.1) is 5.56 Å². The van der Waals surface area contributed by atoms with Crippen molar-refractivity contribution in [2.45, 2.75) is 0 Å². The van der Waals surface area contributed by atoms with Crippen LogP contribution in [0.4, 0.5) is 8.78 Å². The minimum atomic E-state index is -0.625. The average molecular weight is 260 g/mol. The maximum Gasteiger partial charge on any atom is 0.189 e. The number of hydrogen-bond donors (Lipinski definition) is 1. The molecule has 0 saturated carbocycles. The zero-order valence-corrected chi connectivity index (χ0v) is 9.81. The molecular weight excluding hydrogens is 250 g/mol. The maximum absolute atomic E-state index is 13.3. The lowest BCUT2D eigenvalue weighted by Crippen LogP contribution is -1.96. The van der Waals surface area contributed by atoms with Crippen LogP contribution in [0.3, 0.4) is 0 Å². The highest BCUT2D eigenvalue weighted by atomic mass is 19.1. The molecule has 0 aromatic heterocycles. The fourth-order valence-electron chi connectivity index (χ4n) is 1.57. The fourth-order valence-corrected chi connectivity index (χ4v) is 1.57. The molecule has 0 aliphatic heterocycles. The topological polar surface area (TPSA) is 37.3 Å². The van der Waals surface area contributed by atoms with E-state index >= 15 is 0 Å². The van der Waals surface area contributed by atoms with Crippen LogP contribution < -0.4 is 0 Å². The van der Waals surface area contributed by atoms with Crippen molar-refractivity contribution in [1.82, 2.24) is 0 Å². The van der Waals surface area contributed by atoms with E-state index in [4.69, 9.17) is 0 Å². The van der Waals surface area contributed by atoms with Crippen molar-refractivity contribution < 1.29 is 18.7 Å². The van der Waals surface area contributed by atoms with Gasteiger partial charge in [0.25, 0.3) is 0 Å². The summed E-state index contributed by atoms with van der Waals surface area (Å²) in [6.07, 6.45) is 2.37. The number of ketones is 1. The third kappa shape index (κ3) is 3.04. The Morgan fingerprint density at radius 2 is 1.84 bits per heavy atom. The van der Waals surface area contributed by atoms with E-state index < -0.39 is 17.4 Å². The van der Waals surface area contributed by atoms with Crippen molar-refractivity contribution in [3.05, 3.63) is 71.3 Å². The molecule has 0 saturated heterocycles. The molecule has 2 aromatic rings. The van der Waals surface area contributed by atoms with E-state index in [1.165, 1.54) is 24.3 Å². The summed E-state index contributed by atoms with van der Waals surface area (Å²) in [5.74, 6) is -2.00. The van der Waals surface area contributed by atoms with E-state index in [1.807, 2.05) is 0 Å². The normalized spacial score (nSPS) is 10.8. The molecule has 0 bridgehead atoms. The van der Waals surface area contributed by atoms with E-state index in [9.17, 15) is 18.7 Å². The van der Waals surface area contributed by atoms with E-state index in [2.05, 4.69) is 0 Å². The Hall–Kier alpha value is -2.49. The lowest BCUT2D eigenvalue weighted by Gasteiger charge is -2.00. The van der Waals surface area contributed by atoms with Gasteiger partial charge < -0.3 is 5.11 Å². The van der Waals surface area contributed by atoms with E-state index in [0.29, 0.717) is 0 Å². The van der Waals surface area contributed by atoms with Gasteiger partial charge >= 0.3 is 0 Å². The van der Waals surface area contributed by atoms with Gasteiger partial charge in [-0.1, -0.05) is 18.2 Å². The van der Waals surface area contributed by atoms with Gasteiger partial charge in [-0.2, -0.15) is 0 Å². The molecule has 19 heavy (non-hydrogen) atoms. The van der Waals surface area contributed by atoms with Gasteiger partial charge in [-0.05, 0) is 36.4 Å². The van der Waals surface area contributed by atoms with Crippen LogP contribution in [0.5, 0.6) is 5.75 Å². The molecule has 0 amide bonds. The van der Waals surface area contributed by atoms with Crippen molar-refractivity contribution in [2.75, 3.05) is 0 Å². The monoisotopic (exact) mass is 260 g/mol. The molecule has 2 aromatic carbocycles. The van der Waals surface area contributed by atoms with Crippen LogP contribution in [0.1, 0.15) is 15.9 Å². The Bertz CT molecular complexity index is 648. The SMILES string of the molecule is O=C(/C=C/c1ccccc1F)c1cc(F)ccc1O. The molecule has 0 atom stereocenters. The molecule has 0 aliphatic carbocycles. The van der Waals surface area contributed by atoms with Crippen molar-refractivity contribution in [1.29, 1.82) is 0 Å². The smallest absolute Gasteiger partial charge is 0.189 e. The highest BCUT2D eigenvalue weighted by molar-refractivity contribution is 6.08. The van der Waals surface area contributed by atoms with Crippen molar-refractivity contribution in [2.24, 2.45) is 0 Å². The Balaban J connectivity index is 2.26. The highest BCUT2D eigenvalue weighted by Crippen LogP contribution is 2.19. The number of carbonyl (C=O) groups is 1. The van der Waals surface area contributed by atoms with Crippen LogP contribution in [-0.2, 0) is 0 Å². The summed E-state index contributed by atoms with van der Waals surface area (Å²) in [7, 11) is 0. The number of benzene rings is 2.